The normalized spacial score (nSPS) is 19.3. The van der Waals surface area contributed by atoms with Crippen LogP contribution in [0.4, 0.5) is 0 Å². The summed E-state index contributed by atoms with van der Waals surface area (Å²) < 4.78 is 11.8. The zero-order valence-corrected chi connectivity index (χ0v) is 14.5. The third-order valence-corrected chi connectivity index (χ3v) is 4.13. The lowest BCUT2D eigenvalue weighted by Gasteiger charge is -2.32. The van der Waals surface area contributed by atoms with E-state index in [-0.39, 0.29) is 12.4 Å². The van der Waals surface area contributed by atoms with E-state index in [0.29, 0.717) is 6.04 Å². The fraction of sp³-hybridized carbons (Fsp3) is 0.571. The van der Waals surface area contributed by atoms with Gasteiger partial charge in [0.1, 0.15) is 11.5 Å². The van der Waals surface area contributed by atoms with Crippen molar-refractivity contribution in [2.75, 3.05) is 33.9 Å². The predicted octanol–water partition coefficient (Wildman–Crippen LogP) is 2.68. The van der Waals surface area contributed by atoms with Gasteiger partial charge in [-0.3, -0.25) is 4.90 Å². The molecule has 0 amide bonds. The van der Waals surface area contributed by atoms with Crippen LogP contribution in [0.15, 0.2) is 16.6 Å². The maximum absolute atomic E-state index is 5.48. The molecule has 1 aromatic rings. The van der Waals surface area contributed by atoms with Gasteiger partial charge in [0.2, 0.25) is 0 Å². The summed E-state index contributed by atoms with van der Waals surface area (Å²) in [6, 6.07) is 4.46. The molecule has 1 aromatic carbocycles. The van der Waals surface area contributed by atoms with Gasteiger partial charge in [-0.25, -0.2) is 0 Å². The Hall–Kier alpha value is -0.490. The highest BCUT2D eigenvalue weighted by atomic mass is 79.9. The van der Waals surface area contributed by atoms with Gasteiger partial charge in [0, 0.05) is 48.3 Å². The van der Waals surface area contributed by atoms with Gasteiger partial charge in [0.05, 0.1) is 14.2 Å². The SMILES string of the molecule is COc1cc(Br)c(CN2CCNC(C)C2)c(OC)c1.Cl. The molecule has 6 heteroatoms. The predicted molar refractivity (Wildman–Crippen MR) is 87.2 cm³/mol. The van der Waals surface area contributed by atoms with E-state index in [2.05, 4.69) is 33.1 Å². The lowest BCUT2D eigenvalue weighted by molar-refractivity contribution is 0.197. The van der Waals surface area contributed by atoms with Crippen molar-refractivity contribution in [3.05, 3.63) is 22.2 Å². The average molecular weight is 366 g/mol. The summed E-state index contributed by atoms with van der Waals surface area (Å²) in [5.74, 6) is 1.68. The molecule has 0 spiro atoms. The summed E-state index contributed by atoms with van der Waals surface area (Å²) in [5.41, 5.74) is 1.18. The number of hydrogen-bond donors (Lipinski definition) is 1. The van der Waals surface area contributed by atoms with E-state index in [4.69, 9.17) is 9.47 Å². The van der Waals surface area contributed by atoms with Crippen molar-refractivity contribution in [2.24, 2.45) is 0 Å². The molecule has 1 aliphatic heterocycles. The first-order valence-corrected chi connectivity index (χ1v) is 7.29. The molecule has 0 aliphatic carbocycles. The molecule has 4 nitrogen and oxygen atoms in total. The van der Waals surface area contributed by atoms with E-state index in [1.165, 1.54) is 5.56 Å². The second-order valence-corrected chi connectivity index (χ2v) is 5.73. The van der Waals surface area contributed by atoms with Crippen molar-refractivity contribution >= 4 is 28.3 Å². The van der Waals surface area contributed by atoms with Crippen molar-refractivity contribution in [3.8, 4) is 11.5 Å². The van der Waals surface area contributed by atoms with Crippen molar-refractivity contribution in [3.63, 3.8) is 0 Å². The van der Waals surface area contributed by atoms with E-state index >= 15 is 0 Å². The van der Waals surface area contributed by atoms with Gasteiger partial charge in [-0.05, 0) is 13.0 Å². The monoisotopic (exact) mass is 364 g/mol. The molecule has 2 rings (SSSR count). The molecular formula is C14H22BrClN2O2. The molecule has 20 heavy (non-hydrogen) atoms. The summed E-state index contributed by atoms with van der Waals surface area (Å²) in [4.78, 5) is 2.44. The van der Waals surface area contributed by atoms with Crippen LogP contribution in [0, 0.1) is 0 Å². The number of ether oxygens (including phenoxy) is 2. The maximum Gasteiger partial charge on any atom is 0.128 e. The molecule has 0 bridgehead atoms. The molecular weight excluding hydrogens is 344 g/mol. The molecule has 1 aliphatic rings. The number of hydrogen-bond acceptors (Lipinski definition) is 4. The highest BCUT2D eigenvalue weighted by molar-refractivity contribution is 9.10. The molecule has 0 saturated carbocycles. The summed E-state index contributed by atoms with van der Waals surface area (Å²) in [7, 11) is 3.37. The Labute approximate surface area is 135 Å². The minimum absolute atomic E-state index is 0. The fourth-order valence-corrected chi connectivity index (χ4v) is 2.97. The highest BCUT2D eigenvalue weighted by Crippen LogP contribution is 2.33. The number of nitrogens with zero attached hydrogens (tertiary/aromatic N) is 1. The number of nitrogens with one attached hydrogen (secondary N) is 1. The quantitative estimate of drug-likeness (QED) is 0.889. The van der Waals surface area contributed by atoms with Gasteiger partial charge in [0.15, 0.2) is 0 Å². The van der Waals surface area contributed by atoms with Crippen molar-refractivity contribution in [1.29, 1.82) is 0 Å². The fourth-order valence-electron chi connectivity index (χ4n) is 2.42. The van der Waals surface area contributed by atoms with Gasteiger partial charge < -0.3 is 14.8 Å². The van der Waals surface area contributed by atoms with Gasteiger partial charge >= 0.3 is 0 Å². The Morgan fingerprint density at radius 3 is 2.70 bits per heavy atom. The molecule has 1 unspecified atom stereocenters. The number of piperazine rings is 1. The summed E-state index contributed by atoms with van der Waals surface area (Å²) in [6.45, 7) is 6.26. The molecule has 1 saturated heterocycles. The van der Waals surface area contributed by atoms with Crippen molar-refractivity contribution in [2.45, 2.75) is 19.5 Å². The molecule has 0 radical (unpaired) electrons. The molecule has 1 N–H and O–H groups in total. The van der Waals surface area contributed by atoms with Gasteiger partial charge in [-0.1, -0.05) is 15.9 Å². The standard InChI is InChI=1S/C14H21BrN2O2.ClH/c1-10-8-17(5-4-16-10)9-12-13(15)6-11(18-2)7-14(12)19-3;/h6-7,10,16H,4-5,8-9H2,1-3H3;1H. The van der Waals surface area contributed by atoms with Crippen LogP contribution in [-0.4, -0.2) is 44.8 Å². The highest BCUT2D eigenvalue weighted by Gasteiger charge is 2.19. The largest absolute Gasteiger partial charge is 0.497 e. The van der Waals surface area contributed by atoms with Gasteiger partial charge in [0.25, 0.3) is 0 Å². The lowest BCUT2D eigenvalue weighted by atomic mass is 10.1. The Kier molecular flexibility index (Phi) is 7.09. The second-order valence-electron chi connectivity index (χ2n) is 4.88. The first-order chi connectivity index (χ1) is 9.13. The van der Waals surface area contributed by atoms with E-state index in [1.54, 1.807) is 14.2 Å². The Bertz CT molecular complexity index is 445. The zero-order chi connectivity index (χ0) is 13.8. The number of benzene rings is 1. The first kappa shape index (κ1) is 17.6. The smallest absolute Gasteiger partial charge is 0.128 e. The summed E-state index contributed by atoms with van der Waals surface area (Å²) in [5, 5.41) is 3.45. The average Bonchev–Trinajstić information content (AvgIpc) is 2.40. The number of rotatable bonds is 4. The van der Waals surface area contributed by atoms with Crippen LogP contribution in [0.5, 0.6) is 11.5 Å². The number of halogens is 2. The third kappa shape index (κ3) is 4.25. The second kappa shape index (κ2) is 8.08. The third-order valence-electron chi connectivity index (χ3n) is 3.42. The van der Waals surface area contributed by atoms with Crippen molar-refractivity contribution in [1.82, 2.24) is 10.2 Å². The van der Waals surface area contributed by atoms with Crippen LogP contribution in [0.25, 0.3) is 0 Å². The van der Waals surface area contributed by atoms with Crippen molar-refractivity contribution < 1.29 is 9.47 Å². The lowest BCUT2D eigenvalue weighted by Crippen LogP contribution is -2.48. The van der Waals surface area contributed by atoms with Crippen LogP contribution >= 0.6 is 28.3 Å². The van der Waals surface area contributed by atoms with Crippen LogP contribution in [0.1, 0.15) is 12.5 Å². The molecule has 114 valence electrons. The van der Waals surface area contributed by atoms with E-state index < -0.39 is 0 Å². The van der Waals surface area contributed by atoms with Crippen LogP contribution in [0.3, 0.4) is 0 Å². The van der Waals surface area contributed by atoms with E-state index in [9.17, 15) is 0 Å². The van der Waals surface area contributed by atoms with Crippen LogP contribution in [-0.2, 0) is 6.54 Å². The minimum atomic E-state index is 0. The van der Waals surface area contributed by atoms with Crippen LogP contribution in [0.2, 0.25) is 0 Å². The molecule has 1 fully saturated rings. The van der Waals surface area contributed by atoms with Gasteiger partial charge in [-0.2, -0.15) is 0 Å². The van der Waals surface area contributed by atoms with E-state index in [1.807, 2.05) is 12.1 Å². The minimum Gasteiger partial charge on any atom is -0.497 e. The Morgan fingerprint density at radius 2 is 2.10 bits per heavy atom. The van der Waals surface area contributed by atoms with Crippen LogP contribution < -0.4 is 14.8 Å². The molecule has 0 aromatic heterocycles. The Balaban J connectivity index is 0.00000200. The topological polar surface area (TPSA) is 33.7 Å². The molecule has 1 heterocycles. The van der Waals surface area contributed by atoms with Gasteiger partial charge in [-0.15, -0.1) is 12.4 Å². The van der Waals surface area contributed by atoms with E-state index in [0.717, 1.165) is 42.2 Å². The summed E-state index contributed by atoms with van der Waals surface area (Å²) in [6.07, 6.45) is 0. The summed E-state index contributed by atoms with van der Waals surface area (Å²) >= 11 is 3.62. The maximum atomic E-state index is 5.48. The molecule has 1 atom stereocenters. The zero-order valence-electron chi connectivity index (χ0n) is 12.1. The first-order valence-electron chi connectivity index (χ1n) is 6.50. The number of methoxy groups -OCH3 is 2. The Morgan fingerprint density at radius 1 is 1.35 bits per heavy atom.